The first-order valence-electron chi connectivity index (χ1n) is 5.26. The predicted octanol–water partition coefficient (Wildman–Crippen LogP) is 1.64. The lowest BCUT2D eigenvalue weighted by atomic mass is 9.94. The molecule has 6 heteroatoms. The molecule has 6 nitrogen and oxygen atoms in total. The fraction of sp³-hybridized carbons (Fsp3) is 0.273. The lowest BCUT2D eigenvalue weighted by Crippen LogP contribution is -2.31. The van der Waals surface area contributed by atoms with E-state index in [0.717, 1.165) is 11.3 Å². The Morgan fingerprint density at radius 2 is 2.12 bits per heavy atom. The van der Waals surface area contributed by atoms with E-state index in [-0.39, 0.29) is 11.8 Å². The van der Waals surface area contributed by atoms with Crippen molar-refractivity contribution in [2.45, 2.75) is 13.3 Å². The summed E-state index contributed by atoms with van der Waals surface area (Å²) in [6.07, 6.45) is 0.439. The van der Waals surface area contributed by atoms with Crippen LogP contribution in [0.1, 0.15) is 18.9 Å². The highest BCUT2D eigenvalue weighted by Crippen LogP contribution is 2.18. The average Bonchev–Trinajstić information content (AvgIpc) is 2.31. The van der Waals surface area contributed by atoms with Crippen molar-refractivity contribution in [3.63, 3.8) is 0 Å². The normalized spacial score (nSPS) is 19.2. The van der Waals surface area contributed by atoms with E-state index in [1.807, 2.05) is 19.1 Å². The van der Waals surface area contributed by atoms with Crippen LogP contribution in [0.25, 0.3) is 0 Å². The molecular formula is C11H12N4O2. The lowest BCUT2D eigenvalue weighted by Gasteiger charge is -2.19. The number of carbonyl (C=O) groups is 1. The molecule has 0 fully saturated rings. The third-order valence-corrected chi connectivity index (χ3v) is 2.61. The first kappa shape index (κ1) is 11.3. The summed E-state index contributed by atoms with van der Waals surface area (Å²) in [7, 11) is 0. The molecular weight excluding hydrogens is 220 g/mol. The Morgan fingerprint density at radius 1 is 1.41 bits per heavy atom. The van der Waals surface area contributed by atoms with Crippen molar-refractivity contribution in [2.75, 3.05) is 5.43 Å². The van der Waals surface area contributed by atoms with Gasteiger partial charge in [-0.2, -0.15) is 5.10 Å². The molecule has 1 amide bonds. The van der Waals surface area contributed by atoms with Crippen LogP contribution in [0.4, 0.5) is 5.69 Å². The zero-order chi connectivity index (χ0) is 12.3. The Kier molecular flexibility index (Phi) is 3.13. The van der Waals surface area contributed by atoms with Crippen LogP contribution in [-0.2, 0) is 4.79 Å². The van der Waals surface area contributed by atoms with Gasteiger partial charge in [0.25, 0.3) is 0 Å². The number of nitroso groups, excluding NO2 is 1. The van der Waals surface area contributed by atoms with E-state index >= 15 is 0 Å². The Balaban J connectivity index is 2.22. The van der Waals surface area contributed by atoms with Gasteiger partial charge in [-0.15, -0.1) is 4.91 Å². The van der Waals surface area contributed by atoms with Crippen LogP contribution < -0.4 is 10.9 Å². The van der Waals surface area contributed by atoms with Crippen molar-refractivity contribution >= 4 is 17.3 Å². The maximum atomic E-state index is 11.1. The van der Waals surface area contributed by atoms with E-state index in [1.54, 1.807) is 12.1 Å². The lowest BCUT2D eigenvalue weighted by molar-refractivity contribution is -0.121. The maximum absolute atomic E-state index is 11.1. The fourth-order valence-corrected chi connectivity index (χ4v) is 1.77. The molecule has 0 unspecified atom stereocenters. The third kappa shape index (κ3) is 2.47. The number of carbonyl (C=O) groups excluding carboxylic acids is 1. The Labute approximate surface area is 98.0 Å². The number of hydrazone groups is 1. The summed E-state index contributed by atoms with van der Waals surface area (Å²) < 4.78 is 0. The molecule has 88 valence electrons. The van der Waals surface area contributed by atoms with Crippen molar-refractivity contribution < 1.29 is 4.79 Å². The fourth-order valence-electron chi connectivity index (χ4n) is 1.77. The Bertz CT molecular complexity index is 467. The van der Waals surface area contributed by atoms with Crippen LogP contribution in [0, 0.1) is 10.8 Å². The molecule has 17 heavy (non-hydrogen) atoms. The van der Waals surface area contributed by atoms with Crippen LogP contribution in [0.5, 0.6) is 0 Å². The largest absolute Gasteiger partial charge is 0.273 e. The number of rotatable bonds is 3. The van der Waals surface area contributed by atoms with Gasteiger partial charge < -0.3 is 0 Å². The summed E-state index contributed by atoms with van der Waals surface area (Å²) in [5, 5.41) is 6.63. The topological polar surface area (TPSA) is 82.9 Å². The first-order chi connectivity index (χ1) is 8.20. The van der Waals surface area contributed by atoms with Crippen molar-refractivity contribution in [2.24, 2.45) is 16.3 Å². The molecule has 2 rings (SSSR count). The second kappa shape index (κ2) is 4.73. The number of hydrogen-bond donors (Lipinski definition) is 2. The Hall–Kier alpha value is -2.24. The summed E-state index contributed by atoms with van der Waals surface area (Å²) in [5.41, 5.74) is 7.17. The van der Waals surface area contributed by atoms with Gasteiger partial charge in [-0.05, 0) is 17.7 Å². The van der Waals surface area contributed by atoms with Gasteiger partial charge in [-0.3, -0.25) is 4.79 Å². The summed E-state index contributed by atoms with van der Waals surface area (Å²) in [4.78, 5) is 21.1. The van der Waals surface area contributed by atoms with Crippen LogP contribution in [0.2, 0.25) is 0 Å². The Morgan fingerprint density at radius 3 is 2.71 bits per heavy atom. The number of nitrogens with zero attached hydrogens (tertiary/aromatic N) is 2. The third-order valence-electron chi connectivity index (χ3n) is 2.61. The second-order valence-corrected chi connectivity index (χ2v) is 3.92. The molecule has 0 spiro atoms. The summed E-state index contributed by atoms with van der Waals surface area (Å²) in [6.45, 7) is 1.96. The smallest absolute Gasteiger partial charge is 0.240 e. The first-order valence-corrected chi connectivity index (χ1v) is 5.26. The number of benzene rings is 1. The van der Waals surface area contributed by atoms with Gasteiger partial charge in [-0.1, -0.05) is 19.1 Å². The zero-order valence-electron chi connectivity index (χ0n) is 9.30. The van der Waals surface area contributed by atoms with Gasteiger partial charge in [0.05, 0.1) is 16.7 Å². The highest BCUT2D eigenvalue weighted by Gasteiger charge is 2.21. The minimum Gasteiger partial charge on any atom is -0.273 e. The van der Waals surface area contributed by atoms with E-state index < -0.39 is 0 Å². The maximum Gasteiger partial charge on any atom is 0.240 e. The molecule has 0 bridgehead atoms. The van der Waals surface area contributed by atoms with Gasteiger partial charge in [-0.25, -0.2) is 10.9 Å². The molecule has 0 saturated heterocycles. The van der Waals surface area contributed by atoms with Gasteiger partial charge in [0.1, 0.15) is 0 Å². The molecule has 1 aliphatic rings. The number of nitrogens with one attached hydrogen (secondary N) is 2. The molecule has 1 aromatic rings. The summed E-state index contributed by atoms with van der Waals surface area (Å²) in [6, 6.07) is 7.14. The SMILES string of the molecule is C[C@@H]1CC(=O)NN=C1c1ccc(NN=O)cc1. The molecule has 0 aliphatic carbocycles. The van der Waals surface area contributed by atoms with E-state index in [4.69, 9.17) is 0 Å². The van der Waals surface area contributed by atoms with Crippen LogP contribution in [0.3, 0.4) is 0 Å². The van der Waals surface area contributed by atoms with Crippen molar-refractivity contribution in [1.29, 1.82) is 0 Å². The van der Waals surface area contributed by atoms with Crippen LogP contribution in [-0.4, -0.2) is 11.6 Å². The molecule has 0 saturated carbocycles. The molecule has 0 aromatic heterocycles. The number of hydrogen-bond acceptors (Lipinski definition) is 4. The van der Waals surface area contributed by atoms with Gasteiger partial charge in [0.15, 0.2) is 0 Å². The zero-order valence-corrected chi connectivity index (χ0v) is 9.30. The molecule has 1 heterocycles. The molecule has 1 atom stereocenters. The molecule has 1 aromatic carbocycles. The quantitative estimate of drug-likeness (QED) is 0.613. The number of amides is 1. The minimum atomic E-state index is -0.0651. The van der Waals surface area contributed by atoms with E-state index in [0.29, 0.717) is 12.1 Å². The van der Waals surface area contributed by atoms with Gasteiger partial charge in [0, 0.05) is 12.3 Å². The van der Waals surface area contributed by atoms with Crippen molar-refractivity contribution in [3.8, 4) is 0 Å². The monoisotopic (exact) mass is 232 g/mol. The standard InChI is InChI=1S/C11H12N4O2/c1-7-6-10(16)13-14-11(7)8-2-4-9(5-3-8)12-15-17/h2-5,7H,6H2,1H3,(H,12,17)(H,13,16)/t7-/m1/s1. The highest BCUT2D eigenvalue weighted by molar-refractivity contribution is 6.05. The number of anilines is 1. The van der Waals surface area contributed by atoms with Crippen molar-refractivity contribution in [1.82, 2.24) is 5.43 Å². The van der Waals surface area contributed by atoms with Crippen LogP contribution >= 0.6 is 0 Å². The summed E-state index contributed by atoms with van der Waals surface area (Å²) in [5.74, 6) is 0.0245. The van der Waals surface area contributed by atoms with E-state index in [1.165, 1.54) is 0 Å². The minimum absolute atomic E-state index is 0.0651. The highest BCUT2D eigenvalue weighted by atomic mass is 16.3. The van der Waals surface area contributed by atoms with Crippen molar-refractivity contribution in [3.05, 3.63) is 34.7 Å². The summed E-state index contributed by atoms with van der Waals surface area (Å²) >= 11 is 0. The van der Waals surface area contributed by atoms with Crippen LogP contribution in [0.15, 0.2) is 34.7 Å². The molecule has 0 radical (unpaired) electrons. The molecule has 2 N–H and O–H groups in total. The predicted molar refractivity (Wildman–Crippen MR) is 64.3 cm³/mol. The van der Waals surface area contributed by atoms with Gasteiger partial charge >= 0.3 is 0 Å². The second-order valence-electron chi connectivity index (χ2n) is 3.92. The van der Waals surface area contributed by atoms with Gasteiger partial charge in [0.2, 0.25) is 5.91 Å². The van der Waals surface area contributed by atoms with E-state index in [2.05, 4.69) is 21.2 Å². The average molecular weight is 232 g/mol. The molecule has 1 aliphatic heterocycles. The van der Waals surface area contributed by atoms with E-state index in [9.17, 15) is 9.70 Å².